The van der Waals surface area contributed by atoms with Crippen molar-refractivity contribution in [1.29, 1.82) is 5.26 Å². The molecular formula is C19H24N8OS. The molecule has 2 aromatic heterocycles. The van der Waals surface area contributed by atoms with Crippen LogP contribution in [0.15, 0.2) is 39.3 Å². The fourth-order valence-corrected chi connectivity index (χ4v) is 3.88. The highest BCUT2D eigenvalue weighted by atomic mass is 32.2. The molecule has 2 aromatic rings. The molecule has 9 nitrogen and oxygen atoms in total. The van der Waals surface area contributed by atoms with Crippen LogP contribution in [0.5, 0.6) is 0 Å². The first-order valence-corrected chi connectivity index (χ1v) is 10.4. The van der Waals surface area contributed by atoms with E-state index in [1.165, 1.54) is 18.1 Å². The summed E-state index contributed by atoms with van der Waals surface area (Å²) in [6, 6.07) is 4.04. The number of thioether (sulfide) groups is 1. The summed E-state index contributed by atoms with van der Waals surface area (Å²) in [4.78, 5) is 25.7. The molecular weight excluding hydrogens is 388 g/mol. The highest BCUT2D eigenvalue weighted by molar-refractivity contribution is 8.07. The molecule has 0 aliphatic carbocycles. The van der Waals surface area contributed by atoms with E-state index in [4.69, 9.17) is 0 Å². The molecule has 0 radical (unpaired) electrons. The Labute approximate surface area is 173 Å². The summed E-state index contributed by atoms with van der Waals surface area (Å²) in [5, 5.41) is 19.9. The molecule has 0 spiro atoms. The lowest BCUT2D eigenvalue weighted by Gasteiger charge is -2.24. The van der Waals surface area contributed by atoms with Crippen LogP contribution in [0.3, 0.4) is 0 Å². The van der Waals surface area contributed by atoms with Crippen LogP contribution in [-0.2, 0) is 0 Å². The largest absolute Gasteiger partial charge is 0.346 e. The van der Waals surface area contributed by atoms with Crippen LogP contribution < -0.4 is 15.9 Å². The lowest BCUT2D eigenvalue weighted by Crippen LogP contribution is -2.25. The Morgan fingerprint density at radius 3 is 3.07 bits per heavy atom. The standard InChI is InChI=1S/C19H24N8OS/c1-3-5-8-17(29-13(4-2)11-20)23-15-10-16(22-12-21-15)27-9-6-7-14(27)18-24-19(28)26-25-18/h4,8,10,12,14H,3,5-7,9H2,1-2H3,(H,21,22,23)(H2,24,25,26,28)/b13-4-,17-8+. The average molecular weight is 413 g/mol. The van der Waals surface area contributed by atoms with Crippen LogP contribution >= 0.6 is 11.8 Å². The molecule has 0 aromatic carbocycles. The van der Waals surface area contributed by atoms with Gasteiger partial charge in [0, 0.05) is 12.6 Å². The maximum absolute atomic E-state index is 11.4. The van der Waals surface area contributed by atoms with E-state index in [1.807, 2.05) is 13.0 Å². The van der Waals surface area contributed by atoms with E-state index in [0.29, 0.717) is 16.5 Å². The highest BCUT2D eigenvalue weighted by Crippen LogP contribution is 2.34. The number of nitrogens with one attached hydrogen (secondary N) is 3. The number of H-pyrrole nitrogens is 2. The molecule has 0 bridgehead atoms. The summed E-state index contributed by atoms with van der Waals surface area (Å²) in [6.45, 7) is 4.77. The molecule has 29 heavy (non-hydrogen) atoms. The second kappa shape index (κ2) is 9.93. The van der Waals surface area contributed by atoms with Crippen molar-refractivity contribution in [2.45, 2.75) is 45.6 Å². The van der Waals surface area contributed by atoms with E-state index in [1.54, 1.807) is 6.08 Å². The third kappa shape index (κ3) is 5.26. The normalized spacial score (nSPS) is 17.4. The van der Waals surface area contributed by atoms with E-state index in [-0.39, 0.29) is 11.7 Å². The molecule has 0 saturated carbocycles. The Hall–Kier alpha value is -3.06. The molecule has 152 valence electrons. The number of nitrogens with zero attached hydrogens (tertiary/aromatic N) is 5. The van der Waals surface area contributed by atoms with Crippen molar-refractivity contribution >= 4 is 23.4 Å². The predicted molar refractivity (Wildman–Crippen MR) is 114 cm³/mol. The SMILES string of the molecule is C/C=C(/C#N)S/C(=C/CCC)Nc1cc(N2CCCC2c2n[nH]c(=O)[nH]2)ncn1. The second-order valence-electron chi connectivity index (χ2n) is 6.52. The summed E-state index contributed by atoms with van der Waals surface area (Å²) >= 11 is 1.39. The van der Waals surface area contributed by atoms with E-state index in [2.05, 4.69) is 54.4 Å². The molecule has 1 fully saturated rings. The molecule has 0 amide bonds. The van der Waals surface area contributed by atoms with Gasteiger partial charge >= 0.3 is 5.69 Å². The van der Waals surface area contributed by atoms with Crippen molar-refractivity contribution in [3.05, 3.63) is 50.8 Å². The third-order valence-electron chi connectivity index (χ3n) is 4.50. The minimum absolute atomic E-state index is 0.0330. The zero-order valence-electron chi connectivity index (χ0n) is 16.5. The van der Waals surface area contributed by atoms with Gasteiger partial charge in [-0.25, -0.2) is 19.9 Å². The van der Waals surface area contributed by atoms with Crippen molar-refractivity contribution in [2.75, 3.05) is 16.8 Å². The lowest BCUT2D eigenvalue weighted by molar-refractivity contribution is 0.663. The van der Waals surface area contributed by atoms with Gasteiger partial charge in [0.2, 0.25) is 0 Å². The summed E-state index contributed by atoms with van der Waals surface area (Å²) < 4.78 is 0. The maximum Gasteiger partial charge on any atom is 0.340 e. The Morgan fingerprint density at radius 1 is 1.52 bits per heavy atom. The van der Waals surface area contributed by atoms with Crippen LogP contribution in [0.4, 0.5) is 11.6 Å². The number of hydrogen-bond acceptors (Lipinski definition) is 8. The van der Waals surface area contributed by atoms with Gasteiger partial charge in [-0.3, -0.25) is 4.98 Å². The number of aromatic nitrogens is 5. The van der Waals surface area contributed by atoms with Gasteiger partial charge in [0.1, 0.15) is 24.0 Å². The number of rotatable bonds is 8. The van der Waals surface area contributed by atoms with Gasteiger partial charge in [-0.1, -0.05) is 37.3 Å². The third-order valence-corrected chi connectivity index (χ3v) is 5.53. The van der Waals surface area contributed by atoms with Crippen LogP contribution in [0.1, 0.15) is 51.4 Å². The summed E-state index contributed by atoms with van der Waals surface area (Å²) in [5.41, 5.74) is -0.308. The van der Waals surface area contributed by atoms with E-state index in [9.17, 15) is 10.1 Å². The van der Waals surface area contributed by atoms with Gasteiger partial charge in [-0.2, -0.15) is 10.4 Å². The zero-order chi connectivity index (χ0) is 20.6. The van der Waals surface area contributed by atoms with E-state index in [0.717, 1.165) is 43.1 Å². The quantitative estimate of drug-likeness (QED) is 0.563. The number of aromatic amines is 2. The van der Waals surface area contributed by atoms with Crippen molar-refractivity contribution in [3.63, 3.8) is 0 Å². The first-order valence-electron chi connectivity index (χ1n) is 9.59. The molecule has 3 N–H and O–H groups in total. The minimum Gasteiger partial charge on any atom is -0.346 e. The van der Waals surface area contributed by atoms with Gasteiger partial charge in [0.25, 0.3) is 0 Å². The number of allylic oxidation sites excluding steroid dienone is 3. The monoisotopic (exact) mass is 412 g/mol. The second-order valence-corrected chi connectivity index (χ2v) is 7.61. The first kappa shape index (κ1) is 20.7. The number of unbranched alkanes of at least 4 members (excludes halogenated alkanes) is 1. The van der Waals surface area contributed by atoms with Gasteiger partial charge in [0.05, 0.1) is 16.0 Å². The maximum atomic E-state index is 11.4. The fraction of sp³-hybridized carbons (Fsp3) is 0.421. The van der Waals surface area contributed by atoms with Crippen LogP contribution in [0.25, 0.3) is 0 Å². The molecule has 1 unspecified atom stereocenters. The minimum atomic E-state index is -0.308. The van der Waals surface area contributed by atoms with Gasteiger partial charge in [0.15, 0.2) is 5.82 Å². The highest BCUT2D eigenvalue weighted by Gasteiger charge is 2.29. The summed E-state index contributed by atoms with van der Waals surface area (Å²) in [5.74, 6) is 2.03. The Bertz CT molecular complexity index is 986. The van der Waals surface area contributed by atoms with Crippen molar-refractivity contribution in [1.82, 2.24) is 25.1 Å². The molecule has 3 rings (SSSR count). The van der Waals surface area contributed by atoms with Crippen molar-refractivity contribution < 1.29 is 0 Å². The zero-order valence-corrected chi connectivity index (χ0v) is 17.3. The topological polar surface area (TPSA) is 126 Å². The number of nitriles is 1. The molecule has 10 heteroatoms. The van der Waals surface area contributed by atoms with Gasteiger partial charge in [-0.05, 0) is 26.2 Å². The molecule has 1 atom stereocenters. The van der Waals surface area contributed by atoms with Crippen LogP contribution in [-0.4, -0.2) is 31.7 Å². The number of hydrogen-bond donors (Lipinski definition) is 3. The van der Waals surface area contributed by atoms with E-state index >= 15 is 0 Å². The van der Waals surface area contributed by atoms with Crippen LogP contribution in [0, 0.1) is 11.3 Å². The Balaban J connectivity index is 1.80. The van der Waals surface area contributed by atoms with Crippen molar-refractivity contribution in [3.8, 4) is 6.07 Å². The molecule has 3 heterocycles. The lowest BCUT2D eigenvalue weighted by atomic mass is 10.2. The van der Waals surface area contributed by atoms with Crippen LogP contribution in [0.2, 0.25) is 0 Å². The predicted octanol–water partition coefficient (Wildman–Crippen LogP) is 3.44. The fourth-order valence-electron chi connectivity index (χ4n) is 3.12. The Kier molecular flexibility index (Phi) is 7.08. The smallest absolute Gasteiger partial charge is 0.340 e. The molecule has 1 aliphatic rings. The summed E-state index contributed by atoms with van der Waals surface area (Å²) in [6.07, 6.45) is 9.15. The molecule has 1 aliphatic heterocycles. The molecule has 1 saturated heterocycles. The number of anilines is 2. The van der Waals surface area contributed by atoms with Crippen molar-refractivity contribution in [2.24, 2.45) is 0 Å². The summed E-state index contributed by atoms with van der Waals surface area (Å²) in [7, 11) is 0. The Morgan fingerprint density at radius 2 is 2.38 bits per heavy atom. The average Bonchev–Trinajstić information content (AvgIpc) is 3.39. The first-order chi connectivity index (χ1) is 14.1. The van der Waals surface area contributed by atoms with E-state index < -0.39 is 0 Å². The van der Waals surface area contributed by atoms with Gasteiger partial charge < -0.3 is 10.2 Å². The van der Waals surface area contributed by atoms with Gasteiger partial charge in [-0.15, -0.1) is 0 Å².